The van der Waals surface area contributed by atoms with Crippen molar-refractivity contribution < 1.29 is 9.47 Å². The highest BCUT2D eigenvalue weighted by molar-refractivity contribution is 6.03. The van der Waals surface area contributed by atoms with E-state index in [1.54, 1.807) is 7.11 Å². The standard InChI is InChI=1S/C21H21NO2/c1-23-18-9-6-17(7-10-18)21-19-5-3-2-4-16(19)8-11-20(21)22-12-14-24-15-13-22/h2-11H,12-15H2,1H3. The Bertz CT molecular complexity index is 836. The van der Waals surface area contributed by atoms with Gasteiger partial charge in [0, 0.05) is 24.3 Å². The van der Waals surface area contributed by atoms with Crippen molar-refractivity contribution in [1.82, 2.24) is 0 Å². The Labute approximate surface area is 142 Å². The summed E-state index contributed by atoms with van der Waals surface area (Å²) >= 11 is 0. The molecule has 3 heteroatoms. The van der Waals surface area contributed by atoms with Crippen molar-refractivity contribution in [3.05, 3.63) is 60.7 Å². The molecule has 0 N–H and O–H groups in total. The zero-order valence-corrected chi connectivity index (χ0v) is 13.9. The van der Waals surface area contributed by atoms with E-state index in [0.717, 1.165) is 32.1 Å². The normalized spacial score (nSPS) is 14.8. The average Bonchev–Trinajstić information content (AvgIpc) is 2.68. The largest absolute Gasteiger partial charge is 0.497 e. The maximum atomic E-state index is 5.53. The highest BCUT2D eigenvalue weighted by Crippen LogP contribution is 2.38. The monoisotopic (exact) mass is 319 g/mol. The summed E-state index contributed by atoms with van der Waals surface area (Å²) in [7, 11) is 1.70. The van der Waals surface area contributed by atoms with Crippen LogP contribution >= 0.6 is 0 Å². The maximum Gasteiger partial charge on any atom is 0.118 e. The zero-order chi connectivity index (χ0) is 16.4. The predicted octanol–water partition coefficient (Wildman–Crippen LogP) is 4.35. The third-order valence-electron chi connectivity index (χ3n) is 4.64. The van der Waals surface area contributed by atoms with E-state index in [1.165, 1.54) is 27.6 Å². The van der Waals surface area contributed by atoms with Crippen LogP contribution in [0.5, 0.6) is 5.75 Å². The first-order valence-electron chi connectivity index (χ1n) is 8.36. The van der Waals surface area contributed by atoms with Crippen LogP contribution in [0.4, 0.5) is 5.69 Å². The van der Waals surface area contributed by atoms with E-state index < -0.39 is 0 Å². The van der Waals surface area contributed by atoms with Gasteiger partial charge in [-0.25, -0.2) is 0 Å². The Morgan fingerprint density at radius 3 is 2.38 bits per heavy atom. The number of fused-ring (bicyclic) bond motifs is 1. The lowest BCUT2D eigenvalue weighted by Crippen LogP contribution is -2.36. The molecule has 4 rings (SSSR count). The molecule has 1 fully saturated rings. The van der Waals surface area contributed by atoms with Crippen molar-refractivity contribution in [3.63, 3.8) is 0 Å². The summed E-state index contributed by atoms with van der Waals surface area (Å²) in [6.45, 7) is 3.44. The molecule has 0 unspecified atom stereocenters. The van der Waals surface area contributed by atoms with Crippen molar-refractivity contribution in [2.75, 3.05) is 38.3 Å². The molecule has 0 amide bonds. The number of hydrogen-bond acceptors (Lipinski definition) is 3. The van der Waals surface area contributed by atoms with Crippen LogP contribution in [0.15, 0.2) is 60.7 Å². The average molecular weight is 319 g/mol. The second kappa shape index (κ2) is 6.54. The second-order valence-corrected chi connectivity index (χ2v) is 6.01. The number of benzene rings is 3. The van der Waals surface area contributed by atoms with E-state index >= 15 is 0 Å². The molecule has 0 aromatic heterocycles. The summed E-state index contributed by atoms with van der Waals surface area (Å²) in [5.74, 6) is 0.881. The molecule has 0 saturated carbocycles. The molecular weight excluding hydrogens is 298 g/mol. The van der Waals surface area contributed by atoms with Crippen LogP contribution in [0.2, 0.25) is 0 Å². The Morgan fingerprint density at radius 1 is 0.875 bits per heavy atom. The molecule has 0 bridgehead atoms. The van der Waals surface area contributed by atoms with Crippen molar-refractivity contribution in [2.45, 2.75) is 0 Å². The molecule has 1 saturated heterocycles. The fourth-order valence-corrected chi connectivity index (χ4v) is 3.39. The van der Waals surface area contributed by atoms with Crippen LogP contribution in [0, 0.1) is 0 Å². The van der Waals surface area contributed by atoms with Gasteiger partial charge in [0.1, 0.15) is 5.75 Å². The number of ether oxygens (including phenoxy) is 2. The minimum atomic E-state index is 0.787. The minimum absolute atomic E-state index is 0.787. The first kappa shape index (κ1) is 15.0. The second-order valence-electron chi connectivity index (χ2n) is 6.01. The Morgan fingerprint density at radius 2 is 1.62 bits per heavy atom. The Kier molecular flexibility index (Phi) is 4.09. The van der Waals surface area contributed by atoms with Crippen LogP contribution in [-0.4, -0.2) is 33.4 Å². The number of nitrogens with zero attached hydrogens (tertiary/aromatic N) is 1. The van der Waals surface area contributed by atoms with Gasteiger partial charge in [0.15, 0.2) is 0 Å². The summed E-state index contributed by atoms with van der Waals surface area (Å²) in [4.78, 5) is 2.43. The predicted molar refractivity (Wildman–Crippen MR) is 99.0 cm³/mol. The molecule has 0 atom stereocenters. The molecule has 3 nitrogen and oxygen atoms in total. The van der Waals surface area contributed by atoms with Crippen LogP contribution in [0.25, 0.3) is 21.9 Å². The lowest BCUT2D eigenvalue weighted by Gasteiger charge is -2.31. The summed E-state index contributed by atoms with van der Waals surface area (Å²) in [5, 5.41) is 2.55. The van der Waals surface area contributed by atoms with Crippen molar-refractivity contribution >= 4 is 16.5 Å². The number of methoxy groups -OCH3 is 1. The number of hydrogen-bond donors (Lipinski definition) is 0. The van der Waals surface area contributed by atoms with Gasteiger partial charge in [-0.2, -0.15) is 0 Å². The molecule has 1 aliphatic rings. The fraction of sp³-hybridized carbons (Fsp3) is 0.238. The Balaban J connectivity index is 1.91. The SMILES string of the molecule is COc1ccc(-c2c(N3CCOCC3)ccc3ccccc23)cc1. The topological polar surface area (TPSA) is 21.7 Å². The van der Waals surface area contributed by atoms with Gasteiger partial charge in [-0.3, -0.25) is 0 Å². The minimum Gasteiger partial charge on any atom is -0.497 e. The molecule has 122 valence electrons. The number of rotatable bonds is 3. The van der Waals surface area contributed by atoms with Crippen molar-refractivity contribution in [2.24, 2.45) is 0 Å². The lowest BCUT2D eigenvalue weighted by atomic mass is 9.95. The number of morpholine rings is 1. The van der Waals surface area contributed by atoms with E-state index in [9.17, 15) is 0 Å². The van der Waals surface area contributed by atoms with Crippen LogP contribution in [-0.2, 0) is 4.74 Å². The van der Waals surface area contributed by atoms with Gasteiger partial charge in [0.25, 0.3) is 0 Å². The molecule has 0 aliphatic carbocycles. The molecule has 3 aromatic carbocycles. The Hall–Kier alpha value is -2.52. The van der Waals surface area contributed by atoms with E-state index in [4.69, 9.17) is 9.47 Å². The highest BCUT2D eigenvalue weighted by atomic mass is 16.5. The van der Waals surface area contributed by atoms with Gasteiger partial charge in [0.2, 0.25) is 0 Å². The molecule has 0 spiro atoms. The van der Waals surface area contributed by atoms with Gasteiger partial charge in [-0.1, -0.05) is 42.5 Å². The van der Waals surface area contributed by atoms with Gasteiger partial charge in [-0.05, 0) is 34.5 Å². The van der Waals surface area contributed by atoms with Crippen molar-refractivity contribution in [3.8, 4) is 16.9 Å². The van der Waals surface area contributed by atoms with E-state index in [1.807, 2.05) is 12.1 Å². The van der Waals surface area contributed by atoms with E-state index in [0.29, 0.717) is 0 Å². The first-order chi connectivity index (χ1) is 11.9. The van der Waals surface area contributed by atoms with Gasteiger partial charge < -0.3 is 14.4 Å². The van der Waals surface area contributed by atoms with Crippen LogP contribution in [0.3, 0.4) is 0 Å². The summed E-state index contributed by atoms with van der Waals surface area (Å²) in [6.07, 6.45) is 0. The summed E-state index contributed by atoms with van der Waals surface area (Å²) in [5.41, 5.74) is 3.79. The maximum absolute atomic E-state index is 5.53. The quantitative estimate of drug-likeness (QED) is 0.716. The van der Waals surface area contributed by atoms with Gasteiger partial charge in [-0.15, -0.1) is 0 Å². The molecule has 0 radical (unpaired) electrons. The van der Waals surface area contributed by atoms with Crippen LogP contribution < -0.4 is 9.64 Å². The molecule has 3 aromatic rings. The molecule has 1 heterocycles. The van der Waals surface area contributed by atoms with Crippen LogP contribution in [0.1, 0.15) is 0 Å². The zero-order valence-electron chi connectivity index (χ0n) is 13.9. The first-order valence-corrected chi connectivity index (χ1v) is 8.36. The van der Waals surface area contributed by atoms with Gasteiger partial charge in [0.05, 0.1) is 20.3 Å². The highest BCUT2D eigenvalue weighted by Gasteiger charge is 2.17. The number of anilines is 1. The van der Waals surface area contributed by atoms with Gasteiger partial charge >= 0.3 is 0 Å². The lowest BCUT2D eigenvalue weighted by molar-refractivity contribution is 0.123. The fourth-order valence-electron chi connectivity index (χ4n) is 3.39. The molecular formula is C21H21NO2. The van der Waals surface area contributed by atoms with Crippen molar-refractivity contribution in [1.29, 1.82) is 0 Å². The smallest absolute Gasteiger partial charge is 0.118 e. The summed E-state index contributed by atoms with van der Waals surface area (Å²) < 4.78 is 10.8. The van der Waals surface area contributed by atoms with E-state index in [2.05, 4.69) is 53.4 Å². The third-order valence-corrected chi connectivity index (χ3v) is 4.64. The third kappa shape index (κ3) is 2.72. The molecule has 1 aliphatic heterocycles. The molecule has 24 heavy (non-hydrogen) atoms. The van der Waals surface area contributed by atoms with E-state index in [-0.39, 0.29) is 0 Å². The summed E-state index contributed by atoms with van der Waals surface area (Å²) in [6, 6.07) is 21.4.